The summed E-state index contributed by atoms with van der Waals surface area (Å²) in [4.78, 5) is 10.5. The van der Waals surface area contributed by atoms with E-state index in [2.05, 4.69) is 0 Å². The molecular formula is C9H15NO4. The van der Waals surface area contributed by atoms with Gasteiger partial charge in [-0.1, -0.05) is 6.08 Å². The van der Waals surface area contributed by atoms with Gasteiger partial charge in [0.05, 0.1) is 12.2 Å². The van der Waals surface area contributed by atoms with Crippen molar-refractivity contribution in [2.24, 2.45) is 5.73 Å². The summed E-state index contributed by atoms with van der Waals surface area (Å²) in [5.74, 6) is 0. The molecular weight excluding hydrogens is 186 g/mol. The van der Waals surface area contributed by atoms with E-state index in [1.54, 1.807) is 12.2 Å². The Hall–Kier alpha value is -1.07. The van der Waals surface area contributed by atoms with Gasteiger partial charge in [-0.25, -0.2) is 4.79 Å². The molecule has 1 aliphatic carbocycles. The number of hydrogen-bond acceptors (Lipinski definition) is 4. The van der Waals surface area contributed by atoms with Crippen LogP contribution >= 0.6 is 0 Å². The molecule has 0 aromatic carbocycles. The predicted octanol–water partition coefficient (Wildman–Crippen LogP) is -0.0878. The molecule has 14 heavy (non-hydrogen) atoms. The highest BCUT2D eigenvalue weighted by atomic mass is 16.6. The highest BCUT2D eigenvalue weighted by molar-refractivity contribution is 5.65. The summed E-state index contributed by atoms with van der Waals surface area (Å²) in [6.07, 6.45) is 1.86. The zero-order valence-corrected chi connectivity index (χ0v) is 7.80. The smallest absolute Gasteiger partial charge is 0.405 e. The molecule has 3 unspecified atom stereocenters. The molecule has 80 valence electrons. The van der Waals surface area contributed by atoms with Crippen LogP contribution in [0.25, 0.3) is 0 Å². The highest BCUT2D eigenvalue weighted by Crippen LogP contribution is 2.15. The molecule has 1 amide bonds. The van der Waals surface area contributed by atoms with Crippen molar-refractivity contribution in [3.8, 4) is 0 Å². The second-order valence-electron chi connectivity index (χ2n) is 3.39. The molecule has 0 saturated heterocycles. The number of rotatable bonds is 1. The van der Waals surface area contributed by atoms with Gasteiger partial charge in [0.2, 0.25) is 0 Å². The minimum atomic E-state index is -0.873. The Bertz CT molecular complexity index is 229. The zero-order chi connectivity index (χ0) is 10.6. The van der Waals surface area contributed by atoms with Crippen molar-refractivity contribution in [1.29, 1.82) is 0 Å². The molecule has 1 rings (SSSR count). The summed E-state index contributed by atoms with van der Waals surface area (Å²) in [6, 6.07) is 0. The third kappa shape index (κ3) is 3.76. The molecule has 5 nitrogen and oxygen atoms in total. The highest BCUT2D eigenvalue weighted by Gasteiger charge is 2.18. The Balaban J connectivity index is 2.58. The minimum absolute atomic E-state index is 0.326. The molecule has 0 saturated carbocycles. The van der Waals surface area contributed by atoms with Crippen LogP contribution in [0.5, 0.6) is 0 Å². The lowest BCUT2D eigenvalue weighted by Crippen LogP contribution is -2.27. The summed E-state index contributed by atoms with van der Waals surface area (Å²) in [7, 11) is 0. The van der Waals surface area contributed by atoms with Gasteiger partial charge in [-0.2, -0.15) is 0 Å². The molecule has 0 bridgehead atoms. The first-order valence-corrected chi connectivity index (χ1v) is 4.58. The number of aliphatic hydroxyl groups excluding tert-OH is 2. The van der Waals surface area contributed by atoms with Crippen LogP contribution in [0, 0.1) is 0 Å². The quantitative estimate of drug-likeness (QED) is 0.517. The predicted molar refractivity (Wildman–Crippen MR) is 49.5 cm³/mol. The van der Waals surface area contributed by atoms with E-state index in [-0.39, 0.29) is 0 Å². The summed E-state index contributed by atoms with van der Waals surface area (Å²) in [5, 5.41) is 18.8. The second kappa shape index (κ2) is 4.97. The molecule has 0 aromatic heterocycles. The van der Waals surface area contributed by atoms with Gasteiger partial charge >= 0.3 is 6.09 Å². The van der Waals surface area contributed by atoms with E-state index in [0.717, 1.165) is 0 Å². The summed E-state index contributed by atoms with van der Waals surface area (Å²) < 4.78 is 4.73. The number of nitrogens with two attached hydrogens (primary N) is 1. The van der Waals surface area contributed by atoms with Crippen LogP contribution in [0.4, 0.5) is 4.79 Å². The number of carbonyl (C=O) groups is 1. The van der Waals surface area contributed by atoms with Crippen LogP contribution in [0.2, 0.25) is 0 Å². The molecule has 0 fully saturated rings. The maximum atomic E-state index is 10.5. The molecule has 3 atom stereocenters. The number of aliphatic hydroxyl groups is 2. The normalized spacial score (nSPS) is 35.4. The van der Waals surface area contributed by atoms with Gasteiger partial charge in [-0.15, -0.1) is 0 Å². The SMILES string of the molecule is NC(=O)OC1/C=C/C(O)CCC(O)C1. The fourth-order valence-corrected chi connectivity index (χ4v) is 1.41. The third-order valence-electron chi connectivity index (χ3n) is 2.12. The molecule has 0 aliphatic heterocycles. The monoisotopic (exact) mass is 201 g/mol. The number of ether oxygens (including phenoxy) is 1. The van der Waals surface area contributed by atoms with E-state index >= 15 is 0 Å². The van der Waals surface area contributed by atoms with E-state index < -0.39 is 24.4 Å². The topological polar surface area (TPSA) is 92.8 Å². The molecule has 5 heteroatoms. The first-order valence-electron chi connectivity index (χ1n) is 4.58. The van der Waals surface area contributed by atoms with Gasteiger partial charge in [0, 0.05) is 6.42 Å². The van der Waals surface area contributed by atoms with E-state index in [1.807, 2.05) is 0 Å². The van der Waals surface area contributed by atoms with Crippen LogP contribution < -0.4 is 5.73 Å². The number of primary amides is 1. The summed E-state index contributed by atoms with van der Waals surface area (Å²) in [6.45, 7) is 0. The van der Waals surface area contributed by atoms with Gasteiger partial charge in [-0.3, -0.25) is 0 Å². The Morgan fingerprint density at radius 2 is 2.07 bits per heavy atom. The summed E-state index contributed by atoms with van der Waals surface area (Å²) >= 11 is 0. The van der Waals surface area contributed by atoms with Crippen LogP contribution in [-0.4, -0.2) is 34.6 Å². The lowest BCUT2D eigenvalue weighted by molar-refractivity contribution is 0.0635. The maximum absolute atomic E-state index is 10.5. The Labute approximate surface area is 82.2 Å². The van der Waals surface area contributed by atoms with E-state index in [0.29, 0.717) is 19.3 Å². The molecule has 0 aromatic rings. The number of carbonyl (C=O) groups excluding carboxylic acids is 1. The zero-order valence-electron chi connectivity index (χ0n) is 7.80. The second-order valence-corrected chi connectivity index (χ2v) is 3.39. The standard InChI is InChI=1S/C9H15NO4/c10-9(13)14-8-4-3-6(11)1-2-7(12)5-8/h3-4,6-8,11-12H,1-2,5H2,(H2,10,13)/b4-3+. The Kier molecular flexibility index (Phi) is 3.91. The van der Waals surface area contributed by atoms with Gasteiger partial charge in [-0.05, 0) is 18.9 Å². The molecule has 0 spiro atoms. The fraction of sp³-hybridized carbons (Fsp3) is 0.667. The third-order valence-corrected chi connectivity index (χ3v) is 2.12. The van der Waals surface area contributed by atoms with E-state index in [1.165, 1.54) is 0 Å². The van der Waals surface area contributed by atoms with Gasteiger partial charge < -0.3 is 20.7 Å². The van der Waals surface area contributed by atoms with Gasteiger partial charge in [0.15, 0.2) is 0 Å². The molecule has 4 N–H and O–H groups in total. The lowest BCUT2D eigenvalue weighted by atomic mass is 10.00. The summed E-state index contributed by atoms with van der Waals surface area (Å²) in [5.41, 5.74) is 4.85. The Morgan fingerprint density at radius 3 is 2.71 bits per heavy atom. The van der Waals surface area contributed by atoms with Crippen LogP contribution in [0.3, 0.4) is 0 Å². The van der Waals surface area contributed by atoms with Crippen molar-refractivity contribution >= 4 is 6.09 Å². The number of hydrogen-bond donors (Lipinski definition) is 3. The lowest BCUT2D eigenvalue weighted by Gasteiger charge is -2.20. The fourth-order valence-electron chi connectivity index (χ4n) is 1.41. The van der Waals surface area contributed by atoms with Gasteiger partial charge in [0.25, 0.3) is 0 Å². The Morgan fingerprint density at radius 1 is 1.36 bits per heavy atom. The molecule has 0 radical (unpaired) electrons. The van der Waals surface area contributed by atoms with Crippen molar-refractivity contribution in [1.82, 2.24) is 0 Å². The average molecular weight is 201 g/mol. The van der Waals surface area contributed by atoms with Gasteiger partial charge in [0.1, 0.15) is 6.10 Å². The minimum Gasteiger partial charge on any atom is -0.442 e. The van der Waals surface area contributed by atoms with E-state index in [9.17, 15) is 15.0 Å². The van der Waals surface area contributed by atoms with Crippen molar-refractivity contribution in [2.75, 3.05) is 0 Å². The van der Waals surface area contributed by atoms with E-state index in [4.69, 9.17) is 10.5 Å². The maximum Gasteiger partial charge on any atom is 0.405 e. The average Bonchev–Trinajstić information content (AvgIpc) is 2.08. The van der Waals surface area contributed by atoms with Crippen molar-refractivity contribution < 1.29 is 19.7 Å². The first kappa shape index (κ1) is 11.0. The van der Waals surface area contributed by atoms with Crippen LogP contribution in [0.15, 0.2) is 12.2 Å². The molecule has 0 heterocycles. The van der Waals surface area contributed by atoms with Crippen molar-refractivity contribution in [3.05, 3.63) is 12.2 Å². The van der Waals surface area contributed by atoms with Crippen LogP contribution in [-0.2, 0) is 4.74 Å². The largest absolute Gasteiger partial charge is 0.442 e. The molecule has 1 aliphatic rings. The van der Waals surface area contributed by atoms with Crippen molar-refractivity contribution in [2.45, 2.75) is 37.6 Å². The van der Waals surface area contributed by atoms with Crippen LogP contribution in [0.1, 0.15) is 19.3 Å². The van der Waals surface area contributed by atoms with Crippen molar-refractivity contribution in [3.63, 3.8) is 0 Å². The first-order chi connectivity index (χ1) is 6.58. The number of amides is 1.